The average molecular weight is 252 g/mol. The minimum atomic E-state index is 0.510. The average Bonchev–Trinajstić information content (AvgIpc) is 1.88. The second-order valence-electron chi connectivity index (χ2n) is 2.52. The molecule has 1 rings (SSSR count). The number of hydrogen-bond acceptors (Lipinski definition) is 2. The van der Waals surface area contributed by atoms with E-state index in [1.54, 1.807) is 0 Å². The maximum atomic E-state index is 8.41. The highest BCUT2D eigenvalue weighted by atomic mass is 127. The Morgan fingerprint density at radius 3 is 3.20 bits per heavy atom. The van der Waals surface area contributed by atoms with Crippen LogP contribution < -0.4 is 5.32 Å². The molecule has 0 bridgehead atoms. The molecule has 1 heterocycles. The lowest BCUT2D eigenvalue weighted by molar-refractivity contribution is -0.694. The summed E-state index contributed by atoms with van der Waals surface area (Å²) >= 11 is 2.32. The number of rotatable bonds is 1. The third-order valence-corrected chi connectivity index (χ3v) is 2.53. The molecule has 0 aliphatic carbocycles. The van der Waals surface area contributed by atoms with Crippen molar-refractivity contribution in [2.75, 3.05) is 19.6 Å². The molecule has 0 spiro atoms. The molecule has 0 saturated carbocycles. The zero-order chi connectivity index (χ0) is 7.40. The number of nitriles is 1. The van der Waals surface area contributed by atoms with Crippen molar-refractivity contribution in [3.63, 3.8) is 0 Å². The summed E-state index contributed by atoms with van der Waals surface area (Å²) in [5, 5.41) is 10.7. The van der Waals surface area contributed by atoms with E-state index in [-0.39, 0.29) is 0 Å². The zero-order valence-electron chi connectivity index (χ0n) is 5.76. The standard InChI is InChI=1S/C6H10IN3/c7-10-4-3-9-6(5-10)1-2-8/h6,9H,1,3-5H2/p+1/t6-/m0/s1. The van der Waals surface area contributed by atoms with Crippen molar-refractivity contribution in [2.24, 2.45) is 0 Å². The molecule has 56 valence electrons. The van der Waals surface area contributed by atoms with Gasteiger partial charge in [0.1, 0.15) is 6.04 Å². The van der Waals surface area contributed by atoms with E-state index in [0.29, 0.717) is 12.5 Å². The van der Waals surface area contributed by atoms with Crippen molar-refractivity contribution in [2.45, 2.75) is 12.5 Å². The Bertz CT molecular complexity index is 142. The highest BCUT2D eigenvalue weighted by molar-refractivity contribution is 14.1. The molecule has 1 fully saturated rings. The Morgan fingerprint density at radius 2 is 2.60 bits per heavy atom. The molecular formula is C6H11IN3+. The summed E-state index contributed by atoms with van der Waals surface area (Å²) in [6.07, 6.45) is 0.680. The van der Waals surface area contributed by atoms with Crippen LogP contribution in [0.4, 0.5) is 0 Å². The smallest absolute Gasteiger partial charge is 0.113 e. The van der Waals surface area contributed by atoms with Gasteiger partial charge in [0.25, 0.3) is 0 Å². The monoisotopic (exact) mass is 252 g/mol. The van der Waals surface area contributed by atoms with E-state index in [9.17, 15) is 0 Å². The van der Waals surface area contributed by atoms with Gasteiger partial charge in [0, 0.05) is 22.9 Å². The van der Waals surface area contributed by atoms with Gasteiger partial charge in [-0.15, -0.1) is 0 Å². The van der Waals surface area contributed by atoms with Crippen LogP contribution in [0, 0.1) is 11.3 Å². The fourth-order valence-electron chi connectivity index (χ4n) is 1.14. The second-order valence-corrected chi connectivity index (χ2v) is 3.88. The summed E-state index contributed by atoms with van der Waals surface area (Å²) in [7, 11) is 0. The molecule has 0 aromatic rings. The first-order valence-electron chi connectivity index (χ1n) is 3.44. The van der Waals surface area contributed by atoms with E-state index in [0.717, 1.165) is 19.6 Å². The molecule has 0 radical (unpaired) electrons. The molecule has 1 aliphatic rings. The van der Waals surface area contributed by atoms with Gasteiger partial charge in [0.15, 0.2) is 0 Å². The van der Waals surface area contributed by atoms with E-state index in [2.05, 4.69) is 37.4 Å². The normalized spacial score (nSPS) is 27.8. The lowest BCUT2D eigenvalue weighted by atomic mass is 10.2. The van der Waals surface area contributed by atoms with Crippen molar-refractivity contribution >= 4 is 22.9 Å². The van der Waals surface area contributed by atoms with Gasteiger partial charge >= 0.3 is 0 Å². The Balaban J connectivity index is 2.27. The van der Waals surface area contributed by atoms with Gasteiger partial charge in [-0.2, -0.15) is 5.26 Å². The molecule has 3 nitrogen and oxygen atoms in total. The van der Waals surface area contributed by atoms with Crippen LogP contribution in [-0.2, 0) is 0 Å². The molecule has 10 heavy (non-hydrogen) atoms. The summed E-state index contributed by atoms with van der Waals surface area (Å²) in [5.41, 5.74) is 0. The number of nitrogens with two attached hydrogens (primary N) is 1. The predicted octanol–water partition coefficient (Wildman–Crippen LogP) is -0.502. The highest BCUT2D eigenvalue weighted by Crippen LogP contribution is 2.01. The fraction of sp³-hybridized carbons (Fsp3) is 0.833. The van der Waals surface area contributed by atoms with E-state index in [1.165, 1.54) is 0 Å². The van der Waals surface area contributed by atoms with Crippen LogP contribution in [-0.4, -0.2) is 28.8 Å². The third kappa shape index (κ3) is 2.40. The van der Waals surface area contributed by atoms with Crippen LogP contribution in [0.3, 0.4) is 0 Å². The van der Waals surface area contributed by atoms with Crippen LogP contribution in [0.25, 0.3) is 0 Å². The Kier molecular flexibility index (Phi) is 3.39. The first kappa shape index (κ1) is 8.24. The zero-order valence-corrected chi connectivity index (χ0v) is 7.91. The number of quaternary nitrogens is 1. The number of nitrogens with zero attached hydrogens (tertiary/aromatic N) is 2. The molecule has 1 aliphatic heterocycles. The highest BCUT2D eigenvalue weighted by Gasteiger charge is 2.19. The summed E-state index contributed by atoms with van der Waals surface area (Å²) < 4.78 is 2.25. The van der Waals surface area contributed by atoms with Gasteiger partial charge in [-0.1, -0.05) is 0 Å². The number of piperazine rings is 1. The Labute approximate surface area is 74.9 Å². The molecule has 4 heteroatoms. The first-order chi connectivity index (χ1) is 4.83. The van der Waals surface area contributed by atoms with Crippen molar-refractivity contribution in [1.82, 2.24) is 3.11 Å². The van der Waals surface area contributed by atoms with Gasteiger partial charge < -0.3 is 5.32 Å². The van der Waals surface area contributed by atoms with Gasteiger partial charge in [0.2, 0.25) is 0 Å². The molecular weight excluding hydrogens is 241 g/mol. The Morgan fingerprint density at radius 1 is 1.80 bits per heavy atom. The number of hydrogen-bond donors (Lipinski definition) is 1. The summed E-state index contributed by atoms with van der Waals surface area (Å²) in [5.74, 6) is 0. The summed E-state index contributed by atoms with van der Waals surface area (Å²) in [6.45, 7) is 3.33. The van der Waals surface area contributed by atoms with Gasteiger partial charge in [0.05, 0.1) is 32.1 Å². The predicted molar refractivity (Wildman–Crippen MR) is 46.4 cm³/mol. The minimum Gasteiger partial charge on any atom is -0.341 e. The molecule has 0 aromatic heterocycles. The van der Waals surface area contributed by atoms with Gasteiger partial charge in [-0.3, -0.25) is 0 Å². The van der Waals surface area contributed by atoms with Crippen LogP contribution in [0.2, 0.25) is 0 Å². The van der Waals surface area contributed by atoms with Gasteiger partial charge in [-0.25, -0.2) is 3.11 Å². The first-order valence-corrected chi connectivity index (χ1v) is 4.40. The fourth-order valence-corrected chi connectivity index (χ4v) is 1.92. The topological polar surface area (TPSA) is 43.6 Å². The maximum absolute atomic E-state index is 8.41. The van der Waals surface area contributed by atoms with Crippen LogP contribution >= 0.6 is 22.9 Å². The molecule has 0 amide bonds. The van der Waals surface area contributed by atoms with E-state index in [1.807, 2.05) is 0 Å². The molecule has 1 atom stereocenters. The van der Waals surface area contributed by atoms with Crippen molar-refractivity contribution in [3.05, 3.63) is 0 Å². The third-order valence-electron chi connectivity index (χ3n) is 1.66. The molecule has 0 aromatic carbocycles. The largest absolute Gasteiger partial charge is 0.341 e. The lowest BCUT2D eigenvalue weighted by Crippen LogP contribution is -2.94. The van der Waals surface area contributed by atoms with Crippen molar-refractivity contribution < 1.29 is 5.32 Å². The van der Waals surface area contributed by atoms with E-state index in [4.69, 9.17) is 5.26 Å². The Hall–Kier alpha value is 0.140. The molecule has 1 saturated heterocycles. The van der Waals surface area contributed by atoms with Crippen LogP contribution in [0.1, 0.15) is 6.42 Å². The van der Waals surface area contributed by atoms with Crippen molar-refractivity contribution in [3.8, 4) is 6.07 Å². The summed E-state index contributed by atoms with van der Waals surface area (Å²) in [6, 6.07) is 2.71. The second kappa shape index (κ2) is 4.11. The van der Waals surface area contributed by atoms with Crippen LogP contribution in [0.5, 0.6) is 0 Å². The molecule has 0 unspecified atom stereocenters. The van der Waals surface area contributed by atoms with E-state index >= 15 is 0 Å². The van der Waals surface area contributed by atoms with Crippen LogP contribution in [0.15, 0.2) is 0 Å². The molecule has 2 N–H and O–H groups in total. The lowest BCUT2D eigenvalue weighted by Gasteiger charge is -2.24. The van der Waals surface area contributed by atoms with Gasteiger partial charge in [-0.05, 0) is 0 Å². The maximum Gasteiger partial charge on any atom is 0.113 e. The SMILES string of the molecule is N#CC[C@H]1CN(I)CC[NH2+]1. The number of halogens is 1. The van der Waals surface area contributed by atoms with E-state index < -0.39 is 0 Å². The summed E-state index contributed by atoms with van der Waals surface area (Å²) in [4.78, 5) is 0. The quantitative estimate of drug-likeness (QED) is 0.505. The van der Waals surface area contributed by atoms with Crippen molar-refractivity contribution in [1.29, 1.82) is 5.26 Å². The minimum absolute atomic E-state index is 0.510.